The minimum atomic E-state index is 0.480. The van der Waals surface area contributed by atoms with Crippen LogP contribution in [0.15, 0.2) is 28.7 Å². The molecule has 0 radical (unpaired) electrons. The van der Waals surface area contributed by atoms with Gasteiger partial charge in [0.25, 0.3) is 0 Å². The van der Waals surface area contributed by atoms with Crippen LogP contribution in [0.2, 0.25) is 0 Å². The van der Waals surface area contributed by atoms with E-state index in [9.17, 15) is 0 Å². The smallest absolute Gasteiger partial charge is 0.0175 e. The van der Waals surface area contributed by atoms with E-state index in [4.69, 9.17) is 5.73 Å². The van der Waals surface area contributed by atoms with Gasteiger partial charge < -0.3 is 5.73 Å². The average molecular weight is 242 g/mol. The Morgan fingerprint density at radius 1 is 1.23 bits per heavy atom. The van der Waals surface area contributed by atoms with Crippen molar-refractivity contribution in [2.45, 2.75) is 19.8 Å². The topological polar surface area (TPSA) is 26.0 Å². The lowest BCUT2D eigenvalue weighted by Crippen LogP contribution is -2.17. The summed E-state index contributed by atoms with van der Waals surface area (Å²) in [6.07, 6.45) is 0. The van der Waals surface area contributed by atoms with Crippen LogP contribution in [-0.2, 0) is 0 Å². The van der Waals surface area contributed by atoms with Gasteiger partial charge in [-0.3, -0.25) is 0 Å². The van der Waals surface area contributed by atoms with Crippen molar-refractivity contribution in [2.24, 2.45) is 11.7 Å². The van der Waals surface area contributed by atoms with Gasteiger partial charge in [0.2, 0.25) is 0 Å². The van der Waals surface area contributed by atoms with E-state index in [-0.39, 0.29) is 0 Å². The second kappa shape index (κ2) is 4.77. The third-order valence-corrected chi connectivity index (χ3v) is 2.89. The van der Waals surface area contributed by atoms with Gasteiger partial charge in [-0.1, -0.05) is 41.9 Å². The number of benzene rings is 1. The predicted octanol–water partition coefficient (Wildman–Crippen LogP) is 3.15. The van der Waals surface area contributed by atoms with E-state index in [0.29, 0.717) is 11.8 Å². The molecular formula is C11H16BrN. The summed E-state index contributed by atoms with van der Waals surface area (Å²) in [6, 6.07) is 8.42. The van der Waals surface area contributed by atoms with Gasteiger partial charge in [-0.15, -0.1) is 0 Å². The molecule has 0 saturated heterocycles. The van der Waals surface area contributed by atoms with Crippen molar-refractivity contribution in [3.8, 4) is 0 Å². The van der Waals surface area contributed by atoms with Gasteiger partial charge in [-0.25, -0.2) is 0 Å². The Balaban J connectivity index is 2.86. The van der Waals surface area contributed by atoms with Gasteiger partial charge in [0.05, 0.1) is 0 Å². The Kier molecular flexibility index (Phi) is 3.94. The highest BCUT2D eigenvalue weighted by molar-refractivity contribution is 9.10. The summed E-state index contributed by atoms with van der Waals surface area (Å²) in [4.78, 5) is 0. The van der Waals surface area contributed by atoms with Crippen molar-refractivity contribution in [1.82, 2.24) is 0 Å². The van der Waals surface area contributed by atoms with Crippen LogP contribution in [0.25, 0.3) is 0 Å². The molecule has 1 atom stereocenters. The van der Waals surface area contributed by atoms with Crippen molar-refractivity contribution in [1.29, 1.82) is 0 Å². The molecule has 2 N–H and O–H groups in total. The summed E-state index contributed by atoms with van der Waals surface area (Å²) in [5.74, 6) is 1.08. The molecule has 0 bridgehead atoms. The van der Waals surface area contributed by atoms with E-state index in [1.54, 1.807) is 0 Å². The van der Waals surface area contributed by atoms with Crippen LogP contribution in [0.5, 0.6) is 0 Å². The SMILES string of the molecule is CC(C)[C@@H](CN)c1ccc(Br)cc1. The van der Waals surface area contributed by atoms with Crippen molar-refractivity contribution < 1.29 is 0 Å². The highest BCUT2D eigenvalue weighted by Gasteiger charge is 2.12. The van der Waals surface area contributed by atoms with Crippen LogP contribution in [0.4, 0.5) is 0 Å². The second-order valence-corrected chi connectivity index (χ2v) is 4.55. The Hall–Kier alpha value is -0.340. The molecule has 0 aliphatic heterocycles. The molecule has 1 aromatic carbocycles. The van der Waals surface area contributed by atoms with Crippen molar-refractivity contribution in [3.05, 3.63) is 34.3 Å². The van der Waals surface area contributed by atoms with Gasteiger partial charge in [0.1, 0.15) is 0 Å². The van der Waals surface area contributed by atoms with E-state index >= 15 is 0 Å². The first-order chi connectivity index (χ1) is 6.15. The summed E-state index contributed by atoms with van der Waals surface area (Å²) >= 11 is 3.42. The second-order valence-electron chi connectivity index (χ2n) is 3.64. The lowest BCUT2D eigenvalue weighted by Gasteiger charge is -2.19. The standard InChI is InChI=1S/C11H16BrN/c1-8(2)11(7-13)9-3-5-10(12)6-4-9/h3-6,8,11H,7,13H2,1-2H3/t11-/m1/s1. The van der Waals surface area contributed by atoms with Crippen molar-refractivity contribution >= 4 is 15.9 Å². The monoisotopic (exact) mass is 241 g/mol. The maximum absolute atomic E-state index is 5.73. The number of rotatable bonds is 3. The van der Waals surface area contributed by atoms with Crippen LogP contribution in [-0.4, -0.2) is 6.54 Å². The highest BCUT2D eigenvalue weighted by atomic mass is 79.9. The van der Waals surface area contributed by atoms with Gasteiger partial charge in [0.15, 0.2) is 0 Å². The van der Waals surface area contributed by atoms with Crippen LogP contribution in [0, 0.1) is 5.92 Å². The summed E-state index contributed by atoms with van der Waals surface area (Å²) in [5.41, 5.74) is 7.07. The fourth-order valence-corrected chi connectivity index (χ4v) is 1.77. The first-order valence-corrected chi connectivity index (χ1v) is 5.40. The molecule has 0 unspecified atom stereocenters. The largest absolute Gasteiger partial charge is 0.330 e. The molecule has 0 aromatic heterocycles. The van der Waals surface area contributed by atoms with E-state index in [1.807, 2.05) is 0 Å². The van der Waals surface area contributed by atoms with Crippen LogP contribution < -0.4 is 5.73 Å². The van der Waals surface area contributed by atoms with Crippen LogP contribution in [0.3, 0.4) is 0 Å². The molecule has 0 fully saturated rings. The van der Waals surface area contributed by atoms with E-state index < -0.39 is 0 Å². The molecule has 72 valence electrons. The lowest BCUT2D eigenvalue weighted by molar-refractivity contribution is 0.506. The van der Waals surface area contributed by atoms with Gasteiger partial charge >= 0.3 is 0 Å². The van der Waals surface area contributed by atoms with Crippen LogP contribution in [0.1, 0.15) is 25.3 Å². The Labute approximate surface area is 88.5 Å². The highest BCUT2D eigenvalue weighted by Crippen LogP contribution is 2.24. The molecule has 1 rings (SSSR count). The molecule has 0 heterocycles. The molecule has 0 amide bonds. The molecule has 0 aliphatic rings. The fourth-order valence-electron chi connectivity index (χ4n) is 1.50. The number of nitrogens with two attached hydrogens (primary N) is 1. The number of halogens is 1. The molecule has 0 spiro atoms. The number of hydrogen-bond donors (Lipinski definition) is 1. The fraction of sp³-hybridized carbons (Fsp3) is 0.455. The normalized spacial score (nSPS) is 13.3. The van der Waals surface area contributed by atoms with Crippen molar-refractivity contribution in [3.63, 3.8) is 0 Å². The zero-order chi connectivity index (χ0) is 9.84. The molecule has 2 heteroatoms. The number of hydrogen-bond acceptors (Lipinski definition) is 1. The third-order valence-electron chi connectivity index (χ3n) is 2.36. The summed E-state index contributed by atoms with van der Waals surface area (Å²) in [5, 5.41) is 0. The quantitative estimate of drug-likeness (QED) is 0.865. The molecular weight excluding hydrogens is 226 g/mol. The zero-order valence-electron chi connectivity index (χ0n) is 8.13. The van der Waals surface area contributed by atoms with Gasteiger partial charge in [0, 0.05) is 4.47 Å². The van der Waals surface area contributed by atoms with Gasteiger partial charge in [-0.05, 0) is 36.1 Å². The maximum Gasteiger partial charge on any atom is 0.0175 e. The molecule has 0 aliphatic carbocycles. The van der Waals surface area contributed by atoms with Crippen LogP contribution >= 0.6 is 15.9 Å². The van der Waals surface area contributed by atoms with Crippen molar-refractivity contribution in [2.75, 3.05) is 6.54 Å². The molecule has 1 aromatic rings. The lowest BCUT2D eigenvalue weighted by atomic mass is 9.89. The predicted molar refractivity (Wildman–Crippen MR) is 60.8 cm³/mol. The third kappa shape index (κ3) is 2.82. The molecule has 1 nitrogen and oxygen atoms in total. The minimum Gasteiger partial charge on any atom is -0.330 e. The molecule has 0 saturated carbocycles. The van der Waals surface area contributed by atoms with Gasteiger partial charge in [-0.2, -0.15) is 0 Å². The van der Waals surface area contributed by atoms with E-state index in [2.05, 4.69) is 54.0 Å². The van der Waals surface area contributed by atoms with E-state index in [1.165, 1.54) is 5.56 Å². The zero-order valence-corrected chi connectivity index (χ0v) is 9.71. The minimum absolute atomic E-state index is 0.480. The Bertz CT molecular complexity index is 253. The maximum atomic E-state index is 5.73. The summed E-state index contributed by atoms with van der Waals surface area (Å²) in [7, 11) is 0. The first kappa shape index (κ1) is 10.7. The summed E-state index contributed by atoms with van der Waals surface area (Å²) in [6.45, 7) is 5.14. The van der Waals surface area contributed by atoms with E-state index in [0.717, 1.165) is 11.0 Å². The summed E-state index contributed by atoms with van der Waals surface area (Å²) < 4.78 is 1.12. The average Bonchev–Trinajstić information content (AvgIpc) is 2.09. The Morgan fingerprint density at radius 3 is 2.15 bits per heavy atom. The first-order valence-electron chi connectivity index (χ1n) is 4.60. The molecule has 13 heavy (non-hydrogen) atoms. The Morgan fingerprint density at radius 2 is 1.77 bits per heavy atom.